The third-order valence-electron chi connectivity index (χ3n) is 5.10. The lowest BCUT2D eigenvalue weighted by atomic mass is 10.1. The van der Waals surface area contributed by atoms with Crippen LogP contribution in [0.25, 0.3) is 0 Å². The largest absolute Gasteiger partial charge is 0.326 e. The smallest absolute Gasteiger partial charge is 0.258 e. The zero-order chi connectivity index (χ0) is 24.8. The van der Waals surface area contributed by atoms with Gasteiger partial charge in [0.15, 0.2) is 11.6 Å². The lowest BCUT2D eigenvalue weighted by Crippen LogP contribution is -2.18. The van der Waals surface area contributed by atoms with E-state index in [1.165, 1.54) is 18.2 Å². The maximum absolute atomic E-state index is 13.8. The average Bonchev–Trinajstić information content (AvgIpc) is 3.33. The van der Waals surface area contributed by atoms with Gasteiger partial charge in [-0.2, -0.15) is 0 Å². The van der Waals surface area contributed by atoms with E-state index in [0.29, 0.717) is 21.7 Å². The van der Waals surface area contributed by atoms with E-state index >= 15 is 0 Å². The average molecular weight is 566 g/mol. The molecule has 34 heavy (non-hydrogen) atoms. The van der Waals surface area contributed by atoms with E-state index in [0.717, 1.165) is 6.20 Å². The van der Waals surface area contributed by atoms with Crippen molar-refractivity contribution in [3.8, 4) is 0 Å². The molecule has 1 aromatic heterocycles. The molecule has 1 heterocycles. The number of benzene rings is 2. The van der Waals surface area contributed by atoms with Crippen molar-refractivity contribution in [1.82, 2.24) is 4.98 Å². The highest BCUT2D eigenvalue weighted by Crippen LogP contribution is 2.65. The first kappa shape index (κ1) is 24.9. The molecule has 0 aliphatic heterocycles. The van der Waals surface area contributed by atoms with Crippen molar-refractivity contribution < 1.29 is 18.4 Å². The molecular weight excluding hydrogens is 554 g/mol. The molecule has 12 heteroatoms. The molecule has 0 spiro atoms. The van der Waals surface area contributed by atoms with Crippen molar-refractivity contribution in [2.45, 2.75) is 10.3 Å². The summed E-state index contributed by atoms with van der Waals surface area (Å²) in [5, 5.41) is 5.62. The summed E-state index contributed by atoms with van der Waals surface area (Å²) in [5.74, 6) is -5.15. The fourth-order valence-corrected chi connectivity index (χ4v) is 5.08. The summed E-state index contributed by atoms with van der Waals surface area (Å²) in [5.41, 5.74) is 0.737. The van der Waals surface area contributed by atoms with E-state index in [1.54, 1.807) is 18.2 Å². The molecule has 2 aromatic carbocycles. The van der Waals surface area contributed by atoms with E-state index < -0.39 is 45.4 Å². The standard InChI is InChI=1S/C22H12Cl5F2N3O2/c23-10-3-9(4-11(24)5-10)17-18(22(17,26)27)21(34)31-13-1-2-15(25)14(7-13)20(33)32-19-16(29)6-12(28)8-30-19/h1-8,17-18H,(H,31,34)(H,30,32,33). The number of nitrogens with one attached hydrogen (secondary N) is 2. The molecule has 0 bridgehead atoms. The van der Waals surface area contributed by atoms with E-state index in [1.807, 2.05) is 0 Å². The number of anilines is 2. The third kappa shape index (κ3) is 5.09. The molecule has 1 aliphatic carbocycles. The zero-order valence-corrected chi connectivity index (χ0v) is 20.5. The van der Waals surface area contributed by atoms with Gasteiger partial charge in [-0.15, -0.1) is 23.2 Å². The molecule has 1 saturated carbocycles. The second-order valence-corrected chi connectivity index (χ2v) is 10.2. The molecule has 5 nitrogen and oxygen atoms in total. The first-order valence-electron chi connectivity index (χ1n) is 9.54. The Morgan fingerprint density at radius 2 is 1.62 bits per heavy atom. The van der Waals surface area contributed by atoms with Crippen LogP contribution in [0.15, 0.2) is 48.7 Å². The second-order valence-electron chi connectivity index (χ2n) is 7.45. The normalized spacial score (nSPS) is 18.3. The summed E-state index contributed by atoms with van der Waals surface area (Å²) in [7, 11) is 0. The minimum Gasteiger partial charge on any atom is -0.326 e. The van der Waals surface area contributed by atoms with Crippen LogP contribution in [0.2, 0.25) is 15.1 Å². The Kier molecular flexibility index (Phi) is 6.95. The Morgan fingerprint density at radius 1 is 0.941 bits per heavy atom. The van der Waals surface area contributed by atoms with E-state index in [2.05, 4.69) is 15.6 Å². The van der Waals surface area contributed by atoms with Crippen LogP contribution in [0.1, 0.15) is 21.8 Å². The number of alkyl halides is 2. The van der Waals surface area contributed by atoms with Crippen LogP contribution in [0, 0.1) is 17.6 Å². The van der Waals surface area contributed by atoms with Crippen LogP contribution in [-0.4, -0.2) is 21.1 Å². The van der Waals surface area contributed by atoms with Gasteiger partial charge < -0.3 is 10.6 Å². The second kappa shape index (κ2) is 9.47. The SMILES string of the molecule is O=C(Nc1ncc(F)cc1F)c1cc(NC(=O)C2C(c3cc(Cl)cc(Cl)c3)C2(Cl)Cl)ccc1Cl. The highest BCUT2D eigenvalue weighted by molar-refractivity contribution is 6.53. The lowest BCUT2D eigenvalue weighted by molar-refractivity contribution is -0.117. The molecule has 0 radical (unpaired) electrons. The number of amides is 2. The monoisotopic (exact) mass is 563 g/mol. The van der Waals surface area contributed by atoms with Gasteiger partial charge in [-0.05, 0) is 42.0 Å². The van der Waals surface area contributed by atoms with Crippen LogP contribution in [0.4, 0.5) is 20.3 Å². The van der Waals surface area contributed by atoms with E-state index in [9.17, 15) is 18.4 Å². The number of halogens is 7. The van der Waals surface area contributed by atoms with Gasteiger partial charge in [0, 0.05) is 27.7 Å². The summed E-state index contributed by atoms with van der Waals surface area (Å²) in [6.07, 6.45) is 0.751. The number of carbonyl (C=O) groups is 2. The highest BCUT2D eigenvalue weighted by atomic mass is 35.5. The highest BCUT2D eigenvalue weighted by Gasteiger charge is 2.67. The van der Waals surface area contributed by atoms with Crippen molar-refractivity contribution in [2.24, 2.45) is 5.92 Å². The van der Waals surface area contributed by atoms with Crippen molar-refractivity contribution in [3.05, 3.63) is 86.5 Å². The van der Waals surface area contributed by atoms with Gasteiger partial charge in [-0.25, -0.2) is 13.8 Å². The Balaban J connectivity index is 1.52. The van der Waals surface area contributed by atoms with Crippen molar-refractivity contribution in [3.63, 3.8) is 0 Å². The predicted octanol–water partition coefficient (Wildman–Crippen LogP) is 7.10. The minimum atomic E-state index is -1.39. The molecule has 3 aromatic rings. The first-order valence-corrected chi connectivity index (χ1v) is 11.4. The summed E-state index contributed by atoms with van der Waals surface area (Å²) in [6, 6.07) is 9.49. The summed E-state index contributed by atoms with van der Waals surface area (Å²) >= 11 is 30.9. The molecule has 2 unspecified atom stereocenters. The van der Waals surface area contributed by atoms with E-state index in [-0.39, 0.29) is 16.3 Å². The molecular formula is C22H12Cl5F2N3O2. The first-order chi connectivity index (χ1) is 16.0. The molecule has 1 fully saturated rings. The van der Waals surface area contributed by atoms with Crippen LogP contribution in [0.3, 0.4) is 0 Å². The lowest BCUT2D eigenvalue weighted by Gasteiger charge is -2.10. The zero-order valence-electron chi connectivity index (χ0n) is 16.7. The predicted molar refractivity (Wildman–Crippen MR) is 129 cm³/mol. The van der Waals surface area contributed by atoms with Crippen molar-refractivity contribution >= 4 is 81.3 Å². The molecule has 0 saturated heterocycles. The van der Waals surface area contributed by atoms with Crippen molar-refractivity contribution in [2.75, 3.05) is 10.6 Å². The number of aromatic nitrogens is 1. The van der Waals surface area contributed by atoms with Crippen LogP contribution in [0.5, 0.6) is 0 Å². The number of rotatable bonds is 5. The maximum Gasteiger partial charge on any atom is 0.258 e. The van der Waals surface area contributed by atoms with Gasteiger partial charge in [0.2, 0.25) is 5.91 Å². The van der Waals surface area contributed by atoms with Crippen LogP contribution < -0.4 is 10.6 Å². The summed E-state index contributed by atoms with van der Waals surface area (Å²) in [4.78, 5) is 29.0. The van der Waals surface area contributed by atoms with Crippen molar-refractivity contribution in [1.29, 1.82) is 0 Å². The number of nitrogens with zero attached hydrogens (tertiary/aromatic N) is 1. The van der Waals surface area contributed by atoms with Gasteiger partial charge in [0.25, 0.3) is 5.91 Å². The number of hydrogen-bond donors (Lipinski definition) is 2. The van der Waals surface area contributed by atoms with Gasteiger partial charge in [-0.1, -0.05) is 34.8 Å². The van der Waals surface area contributed by atoms with E-state index in [4.69, 9.17) is 58.0 Å². The molecule has 176 valence electrons. The Labute approximate surface area is 217 Å². The number of carbonyl (C=O) groups excluding carboxylic acids is 2. The molecule has 1 aliphatic rings. The van der Waals surface area contributed by atoms with Gasteiger partial charge in [-0.3, -0.25) is 9.59 Å². The molecule has 2 N–H and O–H groups in total. The Hall–Kier alpha value is -2.16. The Bertz CT molecular complexity index is 1300. The molecule has 4 rings (SSSR count). The maximum atomic E-state index is 13.8. The van der Waals surface area contributed by atoms with Gasteiger partial charge in [0.05, 0.1) is 22.7 Å². The quantitative estimate of drug-likeness (QED) is 0.324. The van der Waals surface area contributed by atoms with Crippen LogP contribution >= 0.6 is 58.0 Å². The van der Waals surface area contributed by atoms with Gasteiger partial charge >= 0.3 is 0 Å². The topological polar surface area (TPSA) is 71.1 Å². The summed E-state index contributed by atoms with van der Waals surface area (Å²) in [6.45, 7) is 0. The Morgan fingerprint density at radius 3 is 2.26 bits per heavy atom. The van der Waals surface area contributed by atoms with Crippen LogP contribution in [-0.2, 0) is 4.79 Å². The molecule has 2 amide bonds. The minimum absolute atomic E-state index is 0.0277. The fraction of sp³-hybridized carbons (Fsp3) is 0.136. The number of hydrogen-bond acceptors (Lipinski definition) is 3. The summed E-state index contributed by atoms with van der Waals surface area (Å²) < 4.78 is 25.5. The fourth-order valence-electron chi connectivity index (χ4n) is 3.50. The molecule has 2 atom stereocenters. The number of pyridine rings is 1. The third-order valence-corrected chi connectivity index (χ3v) is 6.80. The van der Waals surface area contributed by atoms with Gasteiger partial charge in [0.1, 0.15) is 10.2 Å².